The monoisotopic (exact) mass is 464 g/mol. The zero-order chi connectivity index (χ0) is 23.4. The van der Waals surface area contributed by atoms with Gasteiger partial charge >= 0.3 is 0 Å². The second-order valence-corrected chi connectivity index (χ2v) is 8.54. The fraction of sp³-hybridized carbons (Fsp3) is 0.333. The van der Waals surface area contributed by atoms with Gasteiger partial charge in [-0.15, -0.1) is 0 Å². The molecule has 172 valence electrons. The van der Waals surface area contributed by atoms with Crippen LogP contribution < -0.4 is 10.2 Å². The molecule has 2 heterocycles. The first-order chi connectivity index (χ1) is 15.9. The predicted molar refractivity (Wildman–Crippen MR) is 130 cm³/mol. The molecule has 2 aromatic carbocycles. The number of nitrogens with one attached hydrogen (secondary N) is 1. The molecule has 1 aliphatic rings. The first kappa shape index (κ1) is 22.7. The summed E-state index contributed by atoms with van der Waals surface area (Å²) in [6.07, 6.45) is 0. The lowest BCUT2D eigenvalue weighted by molar-refractivity contribution is -0.132. The van der Waals surface area contributed by atoms with Crippen LogP contribution in [0.3, 0.4) is 0 Å². The maximum absolute atomic E-state index is 12.9. The summed E-state index contributed by atoms with van der Waals surface area (Å²) in [5, 5.41) is 7.37. The van der Waals surface area contributed by atoms with Crippen molar-refractivity contribution in [2.75, 3.05) is 31.1 Å². The summed E-state index contributed by atoms with van der Waals surface area (Å²) in [6.45, 7) is 5.16. The number of aromatic nitrogens is 3. The van der Waals surface area contributed by atoms with E-state index in [0.717, 1.165) is 18.7 Å². The molecule has 8 nitrogen and oxygen atoms in total. The normalized spacial score (nSPS) is 13.8. The maximum Gasteiger partial charge on any atom is 0.251 e. The predicted octanol–water partition coefficient (Wildman–Crippen LogP) is 2.54. The molecular weight excluding hydrogens is 436 g/mol. The number of carbonyl (C=O) groups is 2. The fourth-order valence-corrected chi connectivity index (χ4v) is 4.13. The largest absolute Gasteiger partial charge is 0.368 e. The van der Waals surface area contributed by atoms with E-state index >= 15 is 0 Å². The number of hydrogen-bond acceptors (Lipinski definition) is 5. The Morgan fingerprint density at radius 2 is 1.76 bits per heavy atom. The second-order valence-electron chi connectivity index (χ2n) is 8.17. The molecule has 1 N–H and O–H groups in total. The minimum Gasteiger partial charge on any atom is -0.368 e. The first-order valence-electron chi connectivity index (χ1n) is 11.0. The zero-order valence-corrected chi connectivity index (χ0v) is 19.7. The van der Waals surface area contributed by atoms with Crippen molar-refractivity contribution >= 4 is 29.7 Å². The van der Waals surface area contributed by atoms with E-state index in [4.69, 9.17) is 12.2 Å². The van der Waals surface area contributed by atoms with Gasteiger partial charge in [-0.2, -0.15) is 5.10 Å². The summed E-state index contributed by atoms with van der Waals surface area (Å²) in [6, 6.07) is 17.6. The van der Waals surface area contributed by atoms with Crippen LogP contribution in [0.2, 0.25) is 0 Å². The number of hydrogen-bond donors (Lipinski definition) is 1. The van der Waals surface area contributed by atoms with Gasteiger partial charge in [0.1, 0.15) is 6.54 Å². The highest BCUT2D eigenvalue weighted by molar-refractivity contribution is 7.71. The molecule has 9 heteroatoms. The lowest BCUT2D eigenvalue weighted by atomic mass is 10.1. The quantitative estimate of drug-likeness (QED) is 0.568. The fourth-order valence-electron chi connectivity index (χ4n) is 3.92. The molecule has 0 bridgehead atoms. The SMILES string of the molecule is Cc1cccc(C(=O)NCc2nn(CC(=O)N3CCN(c4ccccc4)CC3)c(=S)n2C)c1. The molecule has 1 fully saturated rings. The van der Waals surface area contributed by atoms with Gasteiger partial charge in [0.25, 0.3) is 5.91 Å². The van der Waals surface area contributed by atoms with Gasteiger partial charge in [0.15, 0.2) is 10.6 Å². The third kappa shape index (κ3) is 5.31. The van der Waals surface area contributed by atoms with Crippen molar-refractivity contribution in [3.05, 3.63) is 76.3 Å². The molecule has 3 aromatic rings. The lowest BCUT2D eigenvalue weighted by Gasteiger charge is -2.36. The van der Waals surface area contributed by atoms with Crippen molar-refractivity contribution in [2.24, 2.45) is 7.05 Å². The number of amides is 2. The van der Waals surface area contributed by atoms with Gasteiger partial charge < -0.3 is 19.7 Å². The van der Waals surface area contributed by atoms with E-state index in [9.17, 15) is 9.59 Å². The second kappa shape index (κ2) is 9.99. The van der Waals surface area contributed by atoms with Crippen molar-refractivity contribution in [2.45, 2.75) is 20.0 Å². The minimum absolute atomic E-state index is 0.00717. The van der Waals surface area contributed by atoms with Gasteiger partial charge in [-0.3, -0.25) is 9.59 Å². The average Bonchev–Trinajstić information content (AvgIpc) is 3.11. The summed E-state index contributed by atoms with van der Waals surface area (Å²) >= 11 is 5.48. The van der Waals surface area contributed by atoms with Crippen LogP contribution in [0.1, 0.15) is 21.7 Å². The Morgan fingerprint density at radius 3 is 2.45 bits per heavy atom. The summed E-state index contributed by atoms with van der Waals surface area (Å²) in [7, 11) is 1.79. The van der Waals surface area contributed by atoms with Crippen molar-refractivity contribution in [1.82, 2.24) is 24.6 Å². The molecule has 2 amide bonds. The highest BCUT2D eigenvalue weighted by Crippen LogP contribution is 2.16. The topological polar surface area (TPSA) is 75.4 Å². The Balaban J connectivity index is 1.34. The summed E-state index contributed by atoms with van der Waals surface area (Å²) < 4.78 is 3.72. The zero-order valence-electron chi connectivity index (χ0n) is 18.9. The van der Waals surface area contributed by atoms with Crippen LogP contribution in [-0.2, 0) is 24.9 Å². The van der Waals surface area contributed by atoms with Gasteiger partial charge in [0.05, 0.1) is 6.54 Å². The number of nitrogens with zero attached hydrogens (tertiary/aromatic N) is 5. The van der Waals surface area contributed by atoms with Gasteiger partial charge in [0.2, 0.25) is 5.91 Å². The molecular formula is C24H28N6O2S. The Morgan fingerprint density at radius 1 is 1.03 bits per heavy atom. The lowest BCUT2D eigenvalue weighted by Crippen LogP contribution is -2.49. The molecule has 0 aliphatic carbocycles. The third-order valence-electron chi connectivity index (χ3n) is 5.86. The molecule has 0 spiro atoms. The number of rotatable bonds is 6. The number of aryl methyl sites for hydroxylation is 1. The van der Waals surface area contributed by atoms with Gasteiger partial charge in [-0.25, -0.2) is 4.68 Å². The number of carbonyl (C=O) groups excluding carboxylic acids is 2. The molecule has 33 heavy (non-hydrogen) atoms. The molecule has 1 aromatic heterocycles. The van der Waals surface area contributed by atoms with Crippen molar-refractivity contribution < 1.29 is 9.59 Å². The van der Waals surface area contributed by atoms with E-state index in [1.165, 1.54) is 10.4 Å². The van der Waals surface area contributed by atoms with E-state index in [1.54, 1.807) is 17.7 Å². The summed E-state index contributed by atoms with van der Waals surface area (Å²) in [5.41, 5.74) is 2.79. The third-order valence-corrected chi connectivity index (χ3v) is 6.34. The number of piperazine rings is 1. The smallest absolute Gasteiger partial charge is 0.251 e. The summed E-state index contributed by atoms with van der Waals surface area (Å²) in [4.78, 5) is 29.5. The Labute approximate surface area is 198 Å². The maximum atomic E-state index is 12.9. The minimum atomic E-state index is -0.175. The van der Waals surface area contributed by atoms with E-state index in [2.05, 4.69) is 27.4 Å². The average molecular weight is 465 g/mol. The van der Waals surface area contributed by atoms with Crippen LogP contribution in [0.5, 0.6) is 0 Å². The molecule has 4 rings (SSSR count). The van der Waals surface area contributed by atoms with Gasteiger partial charge in [-0.1, -0.05) is 35.9 Å². The van der Waals surface area contributed by atoms with Crippen molar-refractivity contribution in [3.8, 4) is 0 Å². The number of benzene rings is 2. The number of anilines is 1. The Hall–Kier alpha value is -3.46. The molecule has 0 unspecified atom stereocenters. The molecule has 1 aliphatic heterocycles. The van der Waals surface area contributed by atoms with Crippen LogP contribution in [0, 0.1) is 11.7 Å². The van der Waals surface area contributed by atoms with Crippen LogP contribution >= 0.6 is 12.2 Å². The Bertz CT molecular complexity index is 1200. The van der Waals surface area contributed by atoms with E-state index in [1.807, 2.05) is 48.2 Å². The van der Waals surface area contributed by atoms with Gasteiger partial charge in [0, 0.05) is 44.5 Å². The van der Waals surface area contributed by atoms with E-state index in [0.29, 0.717) is 29.2 Å². The van der Waals surface area contributed by atoms with Crippen molar-refractivity contribution in [3.63, 3.8) is 0 Å². The summed E-state index contributed by atoms with van der Waals surface area (Å²) in [5.74, 6) is 0.418. The van der Waals surface area contributed by atoms with Crippen LogP contribution in [-0.4, -0.2) is 57.2 Å². The Kier molecular flexibility index (Phi) is 6.88. The van der Waals surface area contributed by atoms with Crippen LogP contribution in [0.25, 0.3) is 0 Å². The standard InChI is InChI=1S/C24H28N6O2S/c1-18-7-6-8-19(15-18)23(32)25-16-21-26-30(24(33)27(21)2)17-22(31)29-13-11-28(12-14-29)20-9-4-3-5-10-20/h3-10,15H,11-14,16-17H2,1-2H3,(H,25,32). The highest BCUT2D eigenvalue weighted by atomic mass is 32.1. The molecule has 0 atom stereocenters. The van der Waals surface area contributed by atoms with Gasteiger partial charge in [-0.05, 0) is 43.4 Å². The number of para-hydroxylation sites is 1. The first-order valence-corrected chi connectivity index (χ1v) is 11.4. The van der Waals surface area contributed by atoms with E-state index in [-0.39, 0.29) is 24.9 Å². The molecule has 0 saturated carbocycles. The van der Waals surface area contributed by atoms with Crippen molar-refractivity contribution in [1.29, 1.82) is 0 Å². The molecule has 0 radical (unpaired) electrons. The van der Waals surface area contributed by atoms with E-state index < -0.39 is 0 Å². The van der Waals surface area contributed by atoms with Crippen LogP contribution in [0.4, 0.5) is 5.69 Å². The van der Waals surface area contributed by atoms with Crippen LogP contribution in [0.15, 0.2) is 54.6 Å². The molecule has 1 saturated heterocycles. The highest BCUT2D eigenvalue weighted by Gasteiger charge is 2.22.